The van der Waals surface area contributed by atoms with E-state index in [2.05, 4.69) is 29.1 Å². The lowest BCUT2D eigenvalue weighted by Crippen LogP contribution is -2.36. The molecule has 0 spiro atoms. The van der Waals surface area contributed by atoms with Gasteiger partial charge in [0, 0.05) is 23.3 Å². The third-order valence-electron chi connectivity index (χ3n) is 4.34. The molecule has 112 valence electrons. The predicted molar refractivity (Wildman–Crippen MR) is 82.0 cm³/mol. The standard InChI is InChI=1S/C16H27N3O/c1-12(2)14-9-13(3)18-15(19-14)17-10-16(11-20)7-5-4-6-8-16/h9,12,20H,4-8,10-11H2,1-3H3,(H,17,18,19). The van der Waals surface area contributed by atoms with Crippen LogP contribution in [0.5, 0.6) is 0 Å². The van der Waals surface area contributed by atoms with Crippen LogP contribution in [0.4, 0.5) is 5.95 Å². The number of hydrogen-bond donors (Lipinski definition) is 2. The lowest BCUT2D eigenvalue weighted by molar-refractivity contribution is 0.0942. The molecule has 0 saturated heterocycles. The Bertz CT molecular complexity index is 439. The third kappa shape index (κ3) is 3.69. The van der Waals surface area contributed by atoms with E-state index in [0.717, 1.165) is 30.8 Å². The van der Waals surface area contributed by atoms with E-state index < -0.39 is 0 Å². The number of nitrogens with zero attached hydrogens (tertiary/aromatic N) is 2. The van der Waals surface area contributed by atoms with E-state index in [9.17, 15) is 5.11 Å². The minimum atomic E-state index is 0.0172. The van der Waals surface area contributed by atoms with Gasteiger partial charge in [-0.3, -0.25) is 0 Å². The van der Waals surface area contributed by atoms with Gasteiger partial charge in [0.2, 0.25) is 5.95 Å². The maximum absolute atomic E-state index is 9.74. The van der Waals surface area contributed by atoms with Gasteiger partial charge >= 0.3 is 0 Å². The fourth-order valence-corrected chi connectivity index (χ4v) is 2.93. The fourth-order valence-electron chi connectivity index (χ4n) is 2.93. The summed E-state index contributed by atoms with van der Waals surface area (Å²) < 4.78 is 0. The van der Waals surface area contributed by atoms with Crippen molar-refractivity contribution < 1.29 is 5.11 Å². The molecule has 1 aromatic heterocycles. The highest BCUT2D eigenvalue weighted by Gasteiger charge is 2.31. The van der Waals surface area contributed by atoms with Crippen LogP contribution in [0.2, 0.25) is 0 Å². The lowest BCUT2D eigenvalue weighted by atomic mass is 9.74. The van der Waals surface area contributed by atoms with Crippen LogP contribution < -0.4 is 5.32 Å². The van der Waals surface area contributed by atoms with Gasteiger partial charge in [-0.15, -0.1) is 0 Å². The second-order valence-electron chi connectivity index (χ2n) is 6.48. The molecule has 0 bridgehead atoms. The van der Waals surface area contributed by atoms with Gasteiger partial charge in [0.1, 0.15) is 0 Å². The summed E-state index contributed by atoms with van der Waals surface area (Å²) in [5, 5.41) is 13.1. The Morgan fingerprint density at radius 1 is 1.25 bits per heavy atom. The van der Waals surface area contributed by atoms with Crippen molar-refractivity contribution >= 4 is 5.95 Å². The second-order valence-corrected chi connectivity index (χ2v) is 6.48. The summed E-state index contributed by atoms with van der Waals surface area (Å²) in [6.07, 6.45) is 5.92. The Morgan fingerprint density at radius 2 is 1.95 bits per heavy atom. The first-order valence-corrected chi connectivity index (χ1v) is 7.75. The van der Waals surface area contributed by atoms with Gasteiger partial charge in [-0.25, -0.2) is 9.97 Å². The van der Waals surface area contributed by atoms with Gasteiger partial charge in [0.05, 0.1) is 6.61 Å². The zero-order valence-electron chi connectivity index (χ0n) is 12.9. The van der Waals surface area contributed by atoms with E-state index in [1.807, 2.05) is 13.0 Å². The molecule has 4 nitrogen and oxygen atoms in total. The molecule has 2 N–H and O–H groups in total. The van der Waals surface area contributed by atoms with Crippen molar-refractivity contribution in [3.63, 3.8) is 0 Å². The number of aryl methyl sites for hydroxylation is 1. The first-order valence-electron chi connectivity index (χ1n) is 7.75. The minimum absolute atomic E-state index is 0.0172. The Labute approximate surface area is 122 Å². The predicted octanol–water partition coefficient (Wildman–Crippen LogP) is 3.26. The average molecular weight is 277 g/mol. The smallest absolute Gasteiger partial charge is 0.223 e. The fraction of sp³-hybridized carbons (Fsp3) is 0.750. The summed E-state index contributed by atoms with van der Waals surface area (Å²) >= 11 is 0. The second kappa shape index (κ2) is 6.53. The zero-order chi connectivity index (χ0) is 14.6. The molecule has 1 aliphatic carbocycles. The van der Waals surface area contributed by atoms with Crippen LogP contribution in [0, 0.1) is 12.3 Å². The van der Waals surface area contributed by atoms with Gasteiger partial charge in [0.25, 0.3) is 0 Å². The van der Waals surface area contributed by atoms with Crippen molar-refractivity contribution in [2.24, 2.45) is 5.41 Å². The van der Waals surface area contributed by atoms with Gasteiger partial charge < -0.3 is 10.4 Å². The lowest BCUT2D eigenvalue weighted by Gasteiger charge is -2.35. The average Bonchev–Trinajstić information content (AvgIpc) is 2.45. The van der Waals surface area contributed by atoms with E-state index in [0.29, 0.717) is 11.9 Å². The quantitative estimate of drug-likeness (QED) is 0.867. The third-order valence-corrected chi connectivity index (χ3v) is 4.34. The molecule has 0 unspecified atom stereocenters. The van der Waals surface area contributed by atoms with Crippen LogP contribution in [0.25, 0.3) is 0 Å². The van der Waals surface area contributed by atoms with Gasteiger partial charge in [-0.2, -0.15) is 0 Å². The van der Waals surface area contributed by atoms with E-state index in [1.54, 1.807) is 0 Å². The summed E-state index contributed by atoms with van der Waals surface area (Å²) in [5.74, 6) is 1.10. The molecule has 1 aliphatic rings. The summed E-state index contributed by atoms with van der Waals surface area (Å²) in [5.41, 5.74) is 2.08. The summed E-state index contributed by atoms with van der Waals surface area (Å²) in [4.78, 5) is 9.04. The van der Waals surface area contributed by atoms with Crippen molar-refractivity contribution in [2.75, 3.05) is 18.5 Å². The first-order chi connectivity index (χ1) is 9.54. The summed E-state index contributed by atoms with van der Waals surface area (Å²) in [6, 6.07) is 2.04. The van der Waals surface area contributed by atoms with Crippen molar-refractivity contribution in [3.05, 3.63) is 17.5 Å². The molecular weight excluding hydrogens is 250 g/mol. The van der Waals surface area contributed by atoms with Crippen molar-refractivity contribution in [2.45, 2.75) is 58.8 Å². The molecule has 1 saturated carbocycles. The van der Waals surface area contributed by atoms with E-state index >= 15 is 0 Å². The molecule has 4 heteroatoms. The topological polar surface area (TPSA) is 58.0 Å². The van der Waals surface area contributed by atoms with Crippen LogP contribution in [0.15, 0.2) is 6.07 Å². The van der Waals surface area contributed by atoms with Crippen molar-refractivity contribution in [1.29, 1.82) is 0 Å². The molecule has 1 heterocycles. The van der Waals surface area contributed by atoms with Crippen LogP contribution in [0.1, 0.15) is 63.3 Å². The van der Waals surface area contributed by atoms with Crippen LogP contribution in [-0.2, 0) is 0 Å². The Morgan fingerprint density at radius 3 is 2.55 bits per heavy atom. The maximum atomic E-state index is 9.74. The maximum Gasteiger partial charge on any atom is 0.223 e. The summed E-state index contributed by atoms with van der Waals surface area (Å²) in [7, 11) is 0. The number of aliphatic hydroxyl groups excluding tert-OH is 1. The van der Waals surface area contributed by atoms with Gasteiger partial charge in [0.15, 0.2) is 0 Å². The number of nitrogens with one attached hydrogen (secondary N) is 1. The Balaban J connectivity index is 2.06. The molecule has 0 aromatic carbocycles. The highest BCUT2D eigenvalue weighted by molar-refractivity contribution is 5.29. The van der Waals surface area contributed by atoms with Crippen LogP contribution >= 0.6 is 0 Å². The number of hydrogen-bond acceptors (Lipinski definition) is 4. The molecule has 2 rings (SSSR count). The largest absolute Gasteiger partial charge is 0.396 e. The van der Waals surface area contributed by atoms with Crippen molar-refractivity contribution in [3.8, 4) is 0 Å². The molecule has 0 atom stereocenters. The molecule has 1 aromatic rings. The molecule has 0 radical (unpaired) electrons. The Kier molecular flexibility index (Phi) is 4.97. The van der Waals surface area contributed by atoms with E-state index in [4.69, 9.17) is 0 Å². The normalized spacial score (nSPS) is 18.2. The SMILES string of the molecule is Cc1cc(C(C)C)nc(NCC2(CO)CCCCC2)n1. The summed E-state index contributed by atoms with van der Waals surface area (Å²) in [6.45, 7) is 7.30. The highest BCUT2D eigenvalue weighted by Crippen LogP contribution is 2.35. The number of rotatable bonds is 5. The first kappa shape index (κ1) is 15.2. The molecule has 20 heavy (non-hydrogen) atoms. The van der Waals surface area contributed by atoms with E-state index in [1.165, 1.54) is 19.3 Å². The highest BCUT2D eigenvalue weighted by atomic mass is 16.3. The molecule has 1 fully saturated rings. The monoisotopic (exact) mass is 277 g/mol. The van der Waals surface area contributed by atoms with Crippen LogP contribution in [-0.4, -0.2) is 28.2 Å². The number of anilines is 1. The number of aromatic nitrogens is 2. The minimum Gasteiger partial charge on any atom is -0.396 e. The Hall–Kier alpha value is -1.16. The number of aliphatic hydroxyl groups is 1. The molecular formula is C16H27N3O. The van der Waals surface area contributed by atoms with Gasteiger partial charge in [-0.05, 0) is 31.7 Å². The zero-order valence-corrected chi connectivity index (χ0v) is 12.9. The molecule has 0 aliphatic heterocycles. The van der Waals surface area contributed by atoms with Crippen LogP contribution in [0.3, 0.4) is 0 Å². The van der Waals surface area contributed by atoms with Gasteiger partial charge in [-0.1, -0.05) is 33.1 Å². The molecule has 0 amide bonds. The van der Waals surface area contributed by atoms with E-state index in [-0.39, 0.29) is 12.0 Å². The van der Waals surface area contributed by atoms with Crippen molar-refractivity contribution in [1.82, 2.24) is 9.97 Å².